The highest BCUT2D eigenvalue weighted by Crippen LogP contribution is 2.31. The van der Waals surface area contributed by atoms with Crippen molar-refractivity contribution in [1.82, 2.24) is 4.57 Å². The van der Waals surface area contributed by atoms with Crippen molar-refractivity contribution in [3.8, 4) is 5.75 Å². The quantitative estimate of drug-likeness (QED) is 0.228. The second-order valence-electron chi connectivity index (χ2n) is 8.95. The number of hydrogen-bond acceptors (Lipinski definition) is 6. The lowest BCUT2D eigenvalue weighted by Crippen LogP contribution is -2.39. The lowest BCUT2D eigenvalue weighted by molar-refractivity contribution is -0.139. The average molecular weight is 614 g/mol. The zero-order valence-corrected chi connectivity index (χ0v) is 24.6. The maximum absolute atomic E-state index is 13.7. The van der Waals surface area contributed by atoms with E-state index in [9.17, 15) is 9.59 Å². The predicted octanol–water partition coefficient (Wildman–Crippen LogP) is 6.34. The van der Waals surface area contributed by atoms with Gasteiger partial charge in [-0.1, -0.05) is 76.5 Å². The minimum absolute atomic E-state index is 0.208. The molecule has 4 aromatic rings. The summed E-state index contributed by atoms with van der Waals surface area (Å²) in [6, 6.07) is 19.0. The van der Waals surface area contributed by atoms with E-state index in [1.165, 1.54) is 11.3 Å². The fourth-order valence-corrected chi connectivity index (χ4v) is 6.00. The molecule has 1 atom stereocenters. The van der Waals surface area contributed by atoms with Gasteiger partial charge in [0.15, 0.2) is 4.80 Å². The third-order valence-electron chi connectivity index (χ3n) is 6.29. The second kappa shape index (κ2) is 12.0. The van der Waals surface area contributed by atoms with Gasteiger partial charge in [-0.05, 0) is 67.4 Å². The van der Waals surface area contributed by atoms with Crippen molar-refractivity contribution in [1.29, 1.82) is 0 Å². The molecule has 0 fully saturated rings. The Bertz CT molecular complexity index is 1790. The minimum atomic E-state index is -0.690. The van der Waals surface area contributed by atoms with E-state index in [1.807, 2.05) is 30.3 Å². The molecule has 0 N–H and O–H groups in total. The van der Waals surface area contributed by atoms with Crippen LogP contribution < -0.4 is 19.6 Å². The summed E-state index contributed by atoms with van der Waals surface area (Å²) in [4.78, 5) is 31.8. The van der Waals surface area contributed by atoms with Crippen molar-refractivity contribution in [3.63, 3.8) is 0 Å². The molecule has 5 rings (SSSR count). The van der Waals surface area contributed by atoms with Gasteiger partial charge in [-0.2, -0.15) is 0 Å². The number of carbonyl (C=O) groups is 1. The number of rotatable bonds is 7. The Hall–Kier alpha value is -3.36. The summed E-state index contributed by atoms with van der Waals surface area (Å²) in [7, 11) is 0. The van der Waals surface area contributed by atoms with Crippen LogP contribution in [0.1, 0.15) is 36.6 Å². The van der Waals surface area contributed by atoms with E-state index < -0.39 is 12.0 Å². The molecule has 0 spiro atoms. The molecule has 1 aromatic heterocycles. The molecule has 2 heterocycles. The lowest BCUT2D eigenvalue weighted by atomic mass is 9.96. The number of esters is 1. The molecule has 204 valence electrons. The average Bonchev–Trinajstić information content (AvgIpc) is 3.23. The SMILES string of the molecule is CCOC(=O)C1=C(C)N=c2s/c(=C/c3ccc(OCc4ccc(Cl)cc4Cl)cc3)c(=O)n2C1c1ccc(Cl)cc1. The zero-order valence-electron chi connectivity index (χ0n) is 21.5. The first-order valence-corrected chi connectivity index (χ1v) is 14.3. The third kappa shape index (κ3) is 5.88. The topological polar surface area (TPSA) is 69.9 Å². The molecule has 0 aliphatic carbocycles. The monoisotopic (exact) mass is 612 g/mol. The van der Waals surface area contributed by atoms with Crippen molar-refractivity contribution in [2.24, 2.45) is 4.99 Å². The van der Waals surface area contributed by atoms with Crippen LogP contribution in [-0.2, 0) is 16.1 Å². The van der Waals surface area contributed by atoms with Gasteiger partial charge < -0.3 is 9.47 Å². The Kier molecular flexibility index (Phi) is 8.47. The molecule has 1 unspecified atom stereocenters. The maximum atomic E-state index is 13.7. The van der Waals surface area contributed by atoms with Crippen molar-refractivity contribution in [3.05, 3.63) is 129 Å². The van der Waals surface area contributed by atoms with Crippen LogP contribution in [0.5, 0.6) is 5.75 Å². The summed E-state index contributed by atoms with van der Waals surface area (Å²) in [6.45, 7) is 3.99. The van der Waals surface area contributed by atoms with Gasteiger partial charge in [0.1, 0.15) is 12.4 Å². The number of aromatic nitrogens is 1. The van der Waals surface area contributed by atoms with Gasteiger partial charge in [-0.15, -0.1) is 0 Å². The van der Waals surface area contributed by atoms with Crippen molar-refractivity contribution in [2.45, 2.75) is 26.5 Å². The second-order valence-corrected chi connectivity index (χ2v) is 11.2. The van der Waals surface area contributed by atoms with E-state index in [-0.39, 0.29) is 12.2 Å². The fraction of sp³-hybridized carbons (Fsp3) is 0.167. The summed E-state index contributed by atoms with van der Waals surface area (Å²) in [5.41, 5.74) is 2.95. The van der Waals surface area contributed by atoms with Crippen molar-refractivity contribution in [2.75, 3.05) is 6.61 Å². The van der Waals surface area contributed by atoms with E-state index in [1.54, 1.807) is 60.9 Å². The molecular weight excluding hydrogens is 591 g/mol. The fourth-order valence-electron chi connectivity index (χ4n) is 4.36. The van der Waals surface area contributed by atoms with Crippen LogP contribution in [0.3, 0.4) is 0 Å². The first-order valence-electron chi connectivity index (χ1n) is 12.4. The van der Waals surface area contributed by atoms with Crippen molar-refractivity contribution >= 4 is 58.2 Å². The summed E-state index contributed by atoms with van der Waals surface area (Å²) >= 11 is 19.6. The van der Waals surface area contributed by atoms with Crippen LogP contribution in [-0.4, -0.2) is 17.1 Å². The Labute approximate surface area is 249 Å². The number of carbonyl (C=O) groups excluding carboxylic acids is 1. The smallest absolute Gasteiger partial charge is 0.338 e. The molecule has 6 nitrogen and oxygen atoms in total. The molecule has 0 saturated heterocycles. The highest BCUT2D eigenvalue weighted by atomic mass is 35.5. The van der Waals surface area contributed by atoms with Gasteiger partial charge in [-0.25, -0.2) is 9.79 Å². The van der Waals surface area contributed by atoms with Crippen molar-refractivity contribution < 1.29 is 14.3 Å². The lowest BCUT2D eigenvalue weighted by Gasteiger charge is -2.24. The largest absolute Gasteiger partial charge is 0.489 e. The molecule has 0 bridgehead atoms. The highest BCUT2D eigenvalue weighted by Gasteiger charge is 2.33. The molecule has 1 aliphatic heterocycles. The normalized spacial score (nSPS) is 15.0. The van der Waals surface area contributed by atoms with Gasteiger partial charge in [0.2, 0.25) is 0 Å². The Morgan fingerprint density at radius 2 is 1.73 bits per heavy atom. The summed E-state index contributed by atoms with van der Waals surface area (Å²) in [5.74, 6) is 0.149. The molecule has 10 heteroatoms. The number of halogens is 3. The third-order valence-corrected chi connectivity index (χ3v) is 8.11. The van der Waals surface area contributed by atoms with E-state index in [4.69, 9.17) is 44.3 Å². The van der Waals surface area contributed by atoms with Crippen LogP contribution in [0.4, 0.5) is 0 Å². The molecule has 0 amide bonds. The Morgan fingerprint density at radius 3 is 2.40 bits per heavy atom. The zero-order chi connectivity index (χ0) is 28.4. The van der Waals surface area contributed by atoms with E-state index in [0.29, 0.717) is 48.0 Å². The first kappa shape index (κ1) is 28.2. The van der Waals surface area contributed by atoms with E-state index >= 15 is 0 Å². The molecular formula is C30H23Cl3N2O4S. The number of benzene rings is 3. The number of nitrogens with zero attached hydrogens (tertiary/aromatic N) is 2. The van der Waals surface area contributed by atoms with Gasteiger partial charge in [0, 0.05) is 20.6 Å². The van der Waals surface area contributed by atoms with Gasteiger partial charge in [-0.3, -0.25) is 9.36 Å². The maximum Gasteiger partial charge on any atom is 0.338 e. The number of fused-ring (bicyclic) bond motifs is 1. The highest BCUT2D eigenvalue weighted by molar-refractivity contribution is 7.07. The van der Waals surface area contributed by atoms with Gasteiger partial charge in [0.25, 0.3) is 5.56 Å². The van der Waals surface area contributed by atoms with Gasteiger partial charge >= 0.3 is 5.97 Å². The van der Waals surface area contributed by atoms with Crippen LogP contribution in [0.15, 0.2) is 87.8 Å². The van der Waals surface area contributed by atoms with E-state index in [2.05, 4.69) is 4.99 Å². The van der Waals surface area contributed by atoms with Crippen LogP contribution in [0, 0.1) is 0 Å². The summed E-state index contributed by atoms with van der Waals surface area (Å²) < 4.78 is 13.2. The molecule has 40 heavy (non-hydrogen) atoms. The summed E-state index contributed by atoms with van der Waals surface area (Å²) in [6.07, 6.45) is 1.80. The molecule has 0 radical (unpaired) electrons. The number of thiazole rings is 1. The number of allylic oxidation sites excluding steroid dienone is 1. The molecule has 0 saturated carbocycles. The molecule has 1 aliphatic rings. The Balaban J connectivity index is 1.48. The minimum Gasteiger partial charge on any atom is -0.489 e. The standard InChI is InChI=1S/C30H23Cl3N2O4S/c1-3-38-29(37)26-17(2)34-30-35(27(26)19-6-9-21(31)10-7-19)28(36)25(40-30)14-18-4-12-23(13-5-18)39-16-20-8-11-22(32)15-24(20)33/h4-15,27H,3,16H2,1-2H3/b25-14+. The van der Waals surface area contributed by atoms with Crippen LogP contribution in [0.25, 0.3) is 6.08 Å². The number of ether oxygens (including phenoxy) is 2. The Morgan fingerprint density at radius 1 is 1.02 bits per heavy atom. The van der Waals surface area contributed by atoms with Gasteiger partial charge in [0.05, 0.1) is 28.5 Å². The van der Waals surface area contributed by atoms with Crippen LogP contribution in [0.2, 0.25) is 15.1 Å². The van der Waals surface area contributed by atoms with Crippen LogP contribution >= 0.6 is 46.1 Å². The predicted molar refractivity (Wildman–Crippen MR) is 159 cm³/mol. The summed E-state index contributed by atoms with van der Waals surface area (Å²) in [5, 5.41) is 1.66. The number of hydrogen-bond donors (Lipinski definition) is 0. The molecule has 3 aromatic carbocycles. The van der Waals surface area contributed by atoms with E-state index in [0.717, 1.165) is 16.7 Å². The first-order chi connectivity index (χ1) is 19.2.